The van der Waals surface area contributed by atoms with Gasteiger partial charge >= 0.3 is 0 Å². The average Bonchev–Trinajstić information content (AvgIpc) is 2.42. The number of rotatable bonds is 3. The zero-order chi connectivity index (χ0) is 13.0. The number of nitriles is 1. The van der Waals surface area contributed by atoms with E-state index in [0.717, 1.165) is 17.5 Å². The molecule has 0 heterocycles. The van der Waals surface area contributed by atoms with Crippen molar-refractivity contribution in [2.24, 2.45) is 0 Å². The molecule has 18 heavy (non-hydrogen) atoms. The van der Waals surface area contributed by atoms with Crippen LogP contribution in [0.5, 0.6) is 0 Å². The first kappa shape index (κ1) is 12.3. The van der Waals surface area contributed by atoms with Crippen molar-refractivity contribution in [1.82, 2.24) is 0 Å². The van der Waals surface area contributed by atoms with Gasteiger partial charge in [-0.25, -0.2) is 4.39 Å². The minimum Gasteiger partial charge on any atom is -0.207 e. The molecule has 90 valence electrons. The van der Waals surface area contributed by atoms with Gasteiger partial charge in [0, 0.05) is 5.92 Å². The highest BCUT2D eigenvalue weighted by atomic mass is 19.1. The van der Waals surface area contributed by atoms with Gasteiger partial charge < -0.3 is 0 Å². The zero-order valence-corrected chi connectivity index (χ0v) is 10.2. The van der Waals surface area contributed by atoms with Gasteiger partial charge in [0.1, 0.15) is 5.82 Å². The summed E-state index contributed by atoms with van der Waals surface area (Å²) in [6, 6.07) is 16.3. The Morgan fingerprint density at radius 1 is 1.00 bits per heavy atom. The molecule has 0 N–H and O–H groups in total. The lowest BCUT2D eigenvalue weighted by Crippen LogP contribution is -1.99. The number of hydrogen-bond donors (Lipinski definition) is 0. The van der Waals surface area contributed by atoms with Gasteiger partial charge in [0.2, 0.25) is 0 Å². The van der Waals surface area contributed by atoms with Crippen LogP contribution in [-0.4, -0.2) is 0 Å². The topological polar surface area (TPSA) is 23.8 Å². The van der Waals surface area contributed by atoms with E-state index in [1.54, 1.807) is 0 Å². The number of hydrogen-bond acceptors (Lipinski definition) is 1. The predicted octanol–water partition coefficient (Wildman–Crippen LogP) is 4.24. The van der Waals surface area contributed by atoms with Crippen molar-refractivity contribution < 1.29 is 4.39 Å². The van der Waals surface area contributed by atoms with E-state index in [4.69, 9.17) is 5.26 Å². The molecule has 0 aliphatic heterocycles. The van der Waals surface area contributed by atoms with Crippen molar-refractivity contribution >= 4 is 0 Å². The fourth-order valence-corrected chi connectivity index (χ4v) is 2.15. The molecule has 2 aromatic carbocycles. The summed E-state index contributed by atoms with van der Waals surface area (Å²) in [5.74, 6) is 0.0341. The molecule has 0 radical (unpaired) electrons. The van der Waals surface area contributed by atoms with Gasteiger partial charge in [-0.3, -0.25) is 0 Å². The molecule has 1 nitrogen and oxygen atoms in total. The highest BCUT2D eigenvalue weighted by Gasteiger charge is 2.11. The van der Waals surface area contributed by atoms with Gasteiger partial charge in [-0.2, -0.15) is 5.26 Å². The molecule has 0 aliphatic rings. The number of nitrogens with zero attached hydrogens (tertiary/aromatic N) is 1. The van der Waals surface area contributed by atoms with Crippen LogP contribution in [0.25, 0.3) is 0 Å². The maximum absolute atomic E-state index is 12.9. The molecule has 0 amide bonds. The second-order valence-electron chi connectivity index (χ2n) is 4.25. The van der Waals surface area contributed by atoms with Crippen LogP contribution in [0.2, 0.25) is 0 Å². The van der Waals surface area contributed by atoms with E-state index in [1.165, 1.54) is 12.1 Å². The van der Waals surface area contributed by atoms with E-state index in [2.05, 4.69) is 13.0 Å². The molecular weight excluding hydrogens is 225 g/mol. The Hall–Kier alpha value is -2.14. The third kappa shape index (κ3) is 2.57. The van der Waals surface area contributed by atoms with Crippen molar-refractivity contribution in [3.05, 3.63) is 71.0 Å². The lowest BCUT2D eigenvalue weighted by molar-refractivity contribution is 0.625. The molecule has 0 aromatic heterocycles. The summed E-state index contributed by atoms with van der Waals surface area (Å²) in [5, 5.41) is 8.78. The number of halogens is 1. The minimum atomic E-state index is -0.214. The van der Waals surface area contributed by atoms with E-state index in [9.17, 15) is 4.39 Å². The first-order valence-electron chi connectivity index (χ1n) is 6.00. The largest absolute Gasteiger partial charge is 0.207 e. The summed E-state index contributed by atoms with van der Waals surface area (Å²) < 4.78 is 12.9. The predicted molar refractivity (Wildman–Crippen MR) is 69.7 cm³/mol. The molecule has 0 saturated carbocycles. The number of benzene rings is 2. The summed E-state index contributed by atoms with van der Waals surface area (Å²) in [6.07, 6.45) is 0.942. The molecule has 0 aliphatic carbocycles. The third-order valence-electron chi connectivity index (χ3n) is 3.12. The fraction of sp³-hybridized carbons (Fsp3) is 0.188. The normalized spacial score (nSPS) is 11.8. The second kappa shape index (κ2) is 5.46. The Labute approximate surface area is 107 Å². The SMILES string of the molecule is CCC(c1ccc(F)cc1)c1ccc(C#N)cc1. The molecule has 2 heteroatoms. The Balaban J connectivity index is 2.33. The maximum atomic E-state index is 12.9. The van der Waals surface area contributed by atoms with Gasteiger partial charge in [0.15, 0.2) is 0 Å². The zero-order valence-electron chi connectivity index (χ0n) is 10.2. The summed E-state index contributed by atoms with van der Waals surface area (Å²) >= 11 is 0. The Morgan fingerprint density at radius 2 is 1.50 bits per heavy atom. The Bertz CT molecular complexity index is 549. The standard InChI is InChI=1S/C16H14FN/c1-2-16(14-7-9-15(17)10-8-14)13-5-3-12(11-18)4-6-13/h3-10,16H,2H2,1H3. The van der Waals surface area contributed by atoms with Crippen molar-refractivity contribution in [2.45, 2.75) is 19.3 Å². The summed E-state index contributed by atoms with van der Waals surface area (Å²) in [4.78, 5) is 0. The van der Waals surface area contributed by atoms with Crippen molar-refractivity contribution in [1.29, 1.82) is 5.26 Å². The van der Waals surface area contributed by atoms with Gasteiger partial charge in [0.25, 0.3) is 0 Å². The lowest BCUT2D eigenvalue weighted by Gasteiger charge is -2.16. The molecule has 2 rings (SSSR count). The monoisotopic (exact) mass is 239 g/mol. The smallest absolute Gasteiger partial charge is 0.123 e. The van der Waals surface area contributed by atoms with Gasteiger partial charge in [0.05, 0.1) is 11.6 Å². The van der Waals surface area contributed by atoms with Crippen LogP contribution in [0.4, 0.5) is 4.39 Å². The quantitative estimate of drug-likeness (QED) is 0.786. The van der Waals surface area contributed by atoms with Crippen LogP contribution in [-0.2, 0) is 0 Å². The highest BCUT2D eigenvalue weighted by Crippen LogP contribution is 2.28. The third-order valence-corrected chi connectivity index (χ3v) is 3.12. The van der Waals surface area contributed by atoms with E-state index in [1.807, 2.05) is 36.4 Å². The molecular formula is C16H14FN. The lowest BCUT2D eigenvalue weighted by atomic mass is 9.89. The molecule has 0 bridgehead atoms. The highest BCUT2D eigenvalue weighted by molar-refractivity contribution is 5.37. The van der Waals surface area contributed by atoms with Crippen LogP contribution in [0.1, 0.15) is 36.0 Å². The van der Waals surface area contributed by atoms with E-state index >= 15 is 0 Å². The van der Waals surface area contributed by atoms with Crippen molar-refractivity contribution in [2.75, 3.05) is 0 Å². The summed E-state index contributed by atoms with van der Waals surface area (Å²) in [7, 11) is 0. The second-order valence-corrected chi connectivity index (χ2v) is 4.25. The minimum absolute atomic E-state index is 0.214. The first-order valence-corrected chi connectivity index (χ1v) is 6.00. The van der Waals surface area contributed by atoms with Crippen LogP contribution in [0, 0.1) is 17.1 Å². The van der Waals surface area contributed by atoms with Crippen LogP contribution >= 0.6 is 0 Å². The van der Waals surface area contributed by atoms with E-state index < -0.39 is 0 Å². The van der Waals surface area contributed by atoms with Crippen LogP contribution in [0.15, 0.2) is 48.5 Å². The summed E-state index contributed by atoms with van der Waals surface area (Å²) in [6.45, 7) is 2.10. The Morgan fingerprint density at radius 3 is 1.94 bits per heavy atom. The van der Waals surface area contributed by atoms with Crippen molar-refractivity contribution in [3.63, 3.8) is 0 Å². The molecule has 2 aromatic rings. The first-order chi connectivity index (χ1) is 8.74. The Kier molecular flexibility index (Phi) is 3.74. The average molecular weight is 239 g/mol. The van der Waals surface area contributed by atoms with Gasteiger partial charge in [-0.05, 0) is 41.8 Å². The van der Waals surface area contributed by atoms with Crippen molar-refractivity contribution in [3.8, 4) is 6.07 Å². The molecule has 1 atom stereocenters. The van der Waals surface area contributed by atoms with Crippen LogP contribution in [0.3, 0.4) is 0 Å². The molecule has 0 spiro atoms. The molecule has 0 fully saturated rings. The van der Waals surface area contributed by atoms with Gasteiger partial charge in [-0.1, -0.05) is 31.2 Å². The van der Waals surface area contributed by atoms with E-state index in [-0.39, 0.29) is 11.7 Å². The maximum Gasteiger partial charge on any atom is 0.123 e. The summed E-state index contributed by atoms with van der Waals surface area (Å²) in [5.41, 5.74) is 2.92. The molecule has 1 unspecified atom stereocenters. The van der Waals surface area contributed by atoms with E-state index in [0.29, 0.717) is 5.56 Å². The van der Waals surface area contributed by atoms with Gasteiger partial charge in [-0.15, -0.1) is 0 Å². The fourth-order valence-electron chi connectivity index (χ4n) is 2.15. The molecule has 0 saturated heterocycles. The van der Waals surface area contributed by atoms with Crippen LogP contribution < -0.4 is 0 Å².